The third-order valence-electron chi connectivity index (χ3n) is 3.87. The van der Waals surface area contributed by atoms with E-state index in [1.807, 2.05) is 30.3 Å². The molecule has 0 fully saturated rings. The maximum atomic E-state index is 12.8. The number of carbonyl (C=O) groups is 1. The van der Waals surface area contributed by atoms with Gasteiger partial charge in [0.2, 0.25) is 0 Å². The largest absolute Gasteiger partial charge is 0.465 e. The number of fused-ring (bicyclic) bond motifs is 1. The molecular weight excluding hydrogens is 320 g/mol. The van der Waals surface area contributed by atoms with Gasteiger partial charge in [-0.25, -0.2) is 19.1 Å². The van der Waals surface area contributed by atoms with Crippen LogP contribution in [0.15, 0.2) is 54.0 Å². The molecule has 128 valence electrons. The van der Waals surface area contributed by atoms with Gasteiger partial charge in [0.15, 0.2) is 5.65 Å². The number of nitrogens with zero attached hydrogens (tertiary/aromatic N) is 3. The van der Waals surface area contributed by atoms with Crippen molar-refractivity contribution in [3.8, 4) is 5.69 Å². The van der Waals surface area contributed by atoms with E-state index in [0.29, 0.717) is 35.5 Å². The summed E-state index contributed by atoms with van der Waals surface area (Å²) in [4.78, 5) is 27.6. The summed E-state index contributed by atoms with van der Waals surface area (Å²) < 4.78 is 3.08. The fourth-order valence-corrected chi connectivity index (χ4v) is 2.76. The zero-order chi connectivity index (χ0) is 18.0. The predicted octanol–water partition coefficient (Wildman–Crippen LogP) is 2.49. The first kappa shape index (κ1) is 16.5. The van der Waals surface area contributed by atoms with Crippen LogP contribution in [-0.2, 0) is 6.42 Å². The SMILES string of the molecule is C=C(C)n1c(=O)n(-c2ccc(CCNC(=O)O)cc2)c2ncccc21. The van der Waals surface area contributed by atoms with Gasteiger partial charge < -0.3 is 10.4 Å². The zero-order valence-corrected chi connectivity index (χ0v) is 13.8. The molecule has 0 atom stereocenters. The van der Waals surface area contributed by atoms with Crippen molar-refractivity contribution >= 4 is 23.0 Å². The number of hydrogen-bond donors (Lipinski definition) is 2. The third kappa shape index (κ3) is 3.16. The second-order valence-corrected chi connectivity index (χ2v) is 5.68. The minimum Gasteiger partial charge on any atom is -0.465 e. The number of aromatic nitrogens is 3. The minimum absolute atomic E-state index is 0.221. The molecule has 1 aromatic carbocycles. The average Bonchev–Trinajstić information content (AvgIpc) is 2.87. The molecule has 2 N–H and O–H groups in total. The summed E-state index contributed by atoms with van der Waals surface area (Å²) in [6.45, 7) is 5.99. The standard InChI is InChI=1S/C18H18N4O3/c1-12(2)21-15-4-3-10-19-16(15)22(18(21)25)14-7-5-13(6-8-14)9-11-20-17(23)24/h3-8,10,20H,1,9,11H2,2H3,(H,23,24). The minimum atomic E-state index is -1.04. The van der Waals surface area contributed by atoms with Gasteiger partial charge in [-0.3, -0.25) is 4.57 Å². The van der Waals surface area contributed by atoms with E-state index in [1.165, 1.54) is 4.57 Å². The summed E-state index contributed by atoms with van der Waals surface area (Å²) in [5.74, 6) is 0. The van der Waals surface area contributed by atoms with Crippen molar-refractivity contribution in [3.05, 3.63) is 65.2 Å². The fourth-order valence-electron chi connectivity index (χ4n) is 2.76. The molecule has 0 aliphatic heterocycles. The molecule has 25 heavy (non-hydrogen) atoms. The van der Waals surface area contributed by atoms with Crippen LogP contribution < -0.4 is 11.0 Å². The number of hydrogen-bond acceptors (Lipinski definition) is 3. The molecule has 0 spiro atoms. The Morgan fingerprint density at radius 2 is 2.00 bits per heavy atom. The lowest BCUT2D eigenvalue weighted by Crippen LogP contribution is -2.23. The molecule has 0 aliphatic carbocycles. The molecule has 1 amide bonds. The molecule has 3 rings (SSSR count). The van der Waals surface area contributed by atoms with Gasteiger partial charge in [-0.15, -0.1) is 0 Å². The van der Waals surface area contributed by atoms with Gasteiger partial charge in [0.25, 0.3) is 0 Å². The first-order valence-electron chi connectivity index (χ1n) is 7.79. The van der Waals surface area contributed by atoms with Crippen LogP contribution in [0, 0.1) is 0 Å². The number of rotatable bonds is 5. The van der Waals surface area contributed by atoms with E-state index in [4.69, 9.17) is 5.11 Å². The Kier molecular flexibility index (Phi) is 4.38. The number of benzene rings is 1. The molecule has 0 saturated carbocycles. The average molecular weight is 338 g/mol. The van der Waals surface area contributed by atoms with E-state index in [-0.39, 0.29) is 5.69 Å². The molecule has 0 saturated heterocycles. The van der Waals surface area contributed by atoms with Crippen LogP contribution in [0.2, 0.25) is 0 Å². The van der Waals surface area contributed by atoms with Crippen LogP contribution in [0.5, 0.6) is 0 Å². The summed E-state index contributed by atoms with van der Waals surface area (Å²) in [5, 5.41) is 10.9. The second kappa shape index (κ2) is 6.64. The van der Waals surface area contributed by atoms with Crippen LogP contribution in [0.3, 0.4) is 0 Å². The van der Waals surface area contributed by atoms with E-state index < -0.39 is 6.09 Å². The number of imidazole rings is 1. The van der Waals surface area contributed by atoms with Crippen LogP contribution in [-0.4, -0.2) is 31.9 Å². The van der Waals surface area contributed by atoms with Gasteiger partial charge in [-0.05, 0) is 43.2 Å². The van der Waals surface area contributed by atoms with Crippen molar-refractivity contribution in [2.24, 2.45) is 0 Å². The monoisotopic (exact) mass is 338 g/mol. The van der Waals surface area contributed by atoms with E-state index >= 15 is 0 Å². The highest BCUT2D eigenvalue weighted by Crippen LogP contribution is 2.18. The van der Waals surface area contributed by atoms with Crippen molar-refractivity contribution < 1.29 is 9.90 Å². The van der Waals surface area contributed by atoms with Gasteiger partial charge in [-0.1, -0.05) is 18.7 Å². The normalized spacial score (nSPS) is 10.8. The third-order valence-corrected chi connectivity index (χ3v) is 3.87. The maximum absolute atomic E-state index is 12.8. The van der Waals surface area contributed by atoms with Gasteiger partial charge in [-0.2, -0.15) is 0 Å². The Morgan fingerprint density at radius 1 is 1.28 bits per heavy atom. The molecule has 3 aromatic rings. The summed E-state index contributed by atoms with van der Waals surface area (Å²) in [5.41, 5.74) is 3.34. The summed E-state index contributed by atoms with van der Waals surface area (Å²) >= 11 is 0. The maximum Gasteiger partial charge on any atom is 0.404 e. The molecule has 0 unspecified atom stereocenters. The number of carboxylic acid groups (broad SMARTS) is 1. The van der Waals surface area contributed by atoms with Crippen LogP contribution in [0.1, 0.15) is 12.5 Å². The smallest absolute Gasteiger partial charge is 0.404 e. The summed E-state index contributed by atoms with van der Waals surface area (Å²) in [6, 6.07) is 11.0. The van der Waals surface area contributed by atoms with Crippen molar-refractivity contribution in [1.29, 1.82) is 0 Å². The highest BCUT2D eigenvalue weighted by atomic mass is 16.4. The van der Waals surface area contributed by atoms with Gasteiger partial charge >= 0.3 is 11.8 Å². The van der Waals surface area contributed by atoms with E-state index in [9.17, 15) is 9.59 Å². The molecular formula is C18H18N4O3. The molecule has 0 radical (unpaired) electrons. The van der Waals surface area contributed by atoms with Crippen molar-refractivity contribution in [1.82, 2.24) is 19.4 Å². The van der Waals surface area contributed by atoms with Crippen molar-refractivity contribution in [2.75, 3.05) is 6.54 Å². The zero-order valence-electron chi connectivity index (χ0n) is 13.8. The Labute approximate surface area is 143 Å². The van der Waals surface area contributed by atoms with Crippen molar-refractivity contribution in [3.63, 3.8) is 0 Å². The van der Waals surface area contributed by atoms with Crippen molar-refractivity contribution in [2.45, 2.75) is 13.3 Å². The Bertz CT molecular complexity index is 999. The predicted molar refractivity (Wildman–Crippen MR) is 96.1 cm³/mol. The number of pyridine rings is 1. The van der Waals surface area contributed by atoms with Gasteiger partial charge in [0.1, 0.15) is 0 Å². The van der Waals surface area contributed by atoms with Gasteiger partial charge in [0, 0.05) is 18.4 Å². The topological polar surface area (TPSA) is 89.2 Å². The number of amides is 1. The highest BCUT2D eigenvalue weighted by molar-refractivity contribution is 5.77. The molecule has 0 aliphatic rings. The fraction of sp³-hybridized carbons (Fsp3) is 0.167. The second-order valence-electron chi connectivity index (χ2n) is 5.68. The Hall–Kier alpha value is -3.35. The van der Waals surface area contributed by atoms with Crippen LogP contribution >= 0.6 is 0 Å². The molecule has 7 nitrogen and oxygen atoms in total. The van der Waals surface area contributed by atoms with E-state index in [2.05, 4.69) is 16.9 Å². The quantitative estimate of drug-likeness (QED) is 0.748. The molecule has 2 aromatic heterocycles. The van der Waals surface area contributed by atoms with Crippen LogP contribution in [0.25, 0.3) is 22.5 Å². The lowest BCUT2D eigenvalue weighted by Gasteiger charge is -2.05. The van der Waals surface area contributed by atoms with E-state index in [1.54, 1.807) is 23.8 Å². The summed E-state index contributed by atoms with van der Waals surface area (Å²) in [6.07, 6.45) is 1.18. The van der Waals surface area contributed by atoms with Gasteiger partial charge in [0.05, 0.1) is 11.2 Å². The lowest BCUT2D eigenvalue weighted by atomic mass is 10.1. The Balaban J connectivity index is 2.00. The van der Waals surface area contributed by atoms with Crippen LogP contribution in [0.4, 0.5) is 4.79 Å². The first-order chi connectivity index (χ1) is 12.0. The molecule has 2 heterocycles. The van der Waals surface area contributed by atoms with E-state index in [0.717, 1.165) is 5.56 Å². The lowest BCUT2D eigenvalue weighted by molar-refractivity contribution is 0.194. The molecule has 0 bridgehead atoms. The Morgan fingerprint density at radius 3 is 2.64 bits per heavy atom. The number of nitrogens with one attached hydrogen (secondary N) is 1. The first-order valence-corrected chi connectivity index (χ1v) is 7.79. The molecule has 7 heteroatoms. The summed E-state index contributed by atoms with van der Waals surface area (Å²) in [7, 11) is 0. The highest BCUT2D eigenvalue weighted by Gasteiger charge is 2.15. The number of allylic oxidation sites excluding steroid dienone is 1.